The van der Waals surface area contributed by atoms with Gasteiger partial charge in [-0.05, 0) is 61.8 Å². The van der Waals surface area contributed by atoms with Crippen molar-refractivity contribution in [2.45, 2.75) is 56.9 Å². The molecule has 0 atom stereocenters. The summed E-state index contributed by atoms with van der Waals surface area (Å²) in [5.74, 6) is 0. The molecule has 2 heterocycles. The molecule has 4 nitrogen and oxygen atoms in total. The predicted molar refractivity (Wildman–Crippen MR) is 92.4 cm³/mol. The fraction of sp³-hybridized carbons (Fsp3) is 0.474. The third-order valence-corrected chi connectivity index (χ3v) is 5.86. The van der Waals surface area contributed by atoms with Crippen LogP contribution >= 0.6 is 0 Å². The summed E-state index contributed by atoms with van der Waals surface area (Å²) >= 11 is 0. The maximum absolute atomic E-state index is 6.81. The van der Waals surface area contributed by atoms with Gasteiger partial charge >= 0.3 is 0 Å². The summed E-state index contributed by atoms with van der Waals surface area (Å²) in [6, 6.07) is 4.22. The lowest BCUT2D eigenvalue weighted by molar-refractivity contribution is 0.440. The highest BCUT2D eigenvalue weighted by atomic mass is 15.1. The van der Waals surface area contributed by atoms with E-state index in [1.165, 1.54) is 53.3 Å². The Morgan fingerprint density at radius 2 is 1.78 bits per heavy atom. The molecule has 0 bridgehead atoms. The molecule has 0 spiro atoms. The molecule has 3 aromatic rings. The first-order valence-electron chi connectivity index (χ1n) is 8.83. The fourth-order valence-corrected chi connectivity index (χ4v) is 4.70. The van der Waals surface area contributed by atoms with Crippen LogP contribution in [0.5, 0.6) is 0 Å². The number of H-pyrrole nitrogens is 1. The second kappa shape index (κ2) is 4.78. The van der Waals surface area contributed by atoms with Crippen molar-refractivity contribution in [1.82, 2.24) is 15.2 Å². The average Bonchev–Trinajstić information content (AvgIpc) is 3.23. The van der Waals surface area contributed by atoms with Gasteiger partial charge in [0.05, 0.1) is 28.5 Å². The molecule has 1 aromatic carbocycles. The quantitative estimate of drug-likeness (QED) is 0.720. The van der Waals surface area contributed by atoms with Crippen LogP contribution in [0.3, 0.4) is 0 Å². The first-order valence-corrected chi connectivity index (χ1v) is 8.83. The highest BCUT2D eigenvalue weighted by Gasteiger charge is 2.36. The summed E-state index contributed by atoms with van der Waals surface area (Å²) in [4.78, 5) is 5.11. The van der Waals surface area contributed by atoms with Crippen molar-refractivity contribution in [3.05, 3.63) is 35.2 Å². The van der Waals surface area contributed by atoms with Crippen LogP contribution in [0.2, 0.25) is 0 Å². The molecule has 0 radical (unpaired) electrons. The van der Waals surface area contributed by atoms with Gasteiger partial charge in [-0.15, -0.1) is 0 Å². The van der Waals surface area contributed by atoms with Crippen molar-refractivity contribution < 1.29 is 0 Å². The lowest BCUT2D eigenvalue weighted by Gasteiger charge is -2.30. The number of nitrogens with one attached hydrogen (secondary N) is 1. The van der Waals surface area contributed by atoms with Crippen LogP contribution in [0, 0.1) is 0 Å². The second-order valence-corrected chi connectivity index (χ2v) is 7.28. The van der Waals surface area contributed by atoms with Crippen LogP contribution < -0.4 is 5.73 Å². The molecule has 1 fully saturated rings. The number of hydrogen-bond acceptors (Lipinski definition) is 3. The topological polar surface area (TPSA) is 67.6 Å². The minimum Gasteiger partial charge on any atom is -0.320 e. The first kappa shape index (κ1) is 13.5. The molecule has 118 valence electrons. The molecular weight excluding hydrogens is 284 g/mol. The van der Waals surface area contributed by atoms with Gasteiger partial charge in [0.25, 0.3) is 0 Å². The summed E-state index contributed by atoms with van der Waals surface area (Å²) in [6.45, 7) is 0. The van der Waals surface area contributed by atoms with Crippen molar-refractivity contribution in [2.75, 3.05) is 0 Å². The van der Waals surface area contributed by atoms with E-state index in [4.69, 9.17) is 10.7 Å². The zero-order valence-electron chi connectivity index (χ0n) is 13.4. The Morgan fingerprint density at radius 1 is 1.00 bits per heavy atom. The molecule has 2 aromatic heterocycles. The summed E-state index contributed by atoms with van der Waals surface area (Å²) in [7, 11) is 0. The van der Waals surface area contributed by atoms with Crippen LogP contribution in [0.25, 0.3) is 21.8 Å². The molecule has 2 aliphatic rings. The van der Waals surface area contributed by atoms with Gasteiger partial charge in [-0.1, -0.05) is 12.8 Å². The SMILES string of the molecule is NC1(c2nc3ccc4[nH]ncc4c3c3c2CCCC3)CCCC1. The number of fused-ring (bicyclic) bond motifs is 5. The number of aromatic amines is 1. The largest absolute Gasteiger partial charge is 0.320 e. The van der Waals surface area contributed by atoms with E-state index in [-0.39, 0.29) is 5.54 Å². The highest BCUT2D eigenvalue weighted by molar-refractivity contribution is 6.07. The Bertz CT molecular complexity index is 903. The van der Waals surface area contributed by atoms with Crippen molar-refractivity contribution in [1.29, 1.82) is 0 Å². The van der Waals surface area contributed by atoms with Gasteiger partial charge < -0.3 is 5.73 Å². The van der Waals surface area contributed by atoms with Crippen molar-refractivity contribution in [2.24, 2.45) is 5.73 Å². The predicted octanol–water partition coefficient (Wildman–Crippen LogP) is 3.72. The van der Waals surface area contributed by atoms with E-state index in [2.05, 4.69) is 22.3 Å². The molecule has 2 aliphatic carbocycles. The van der Waals surface area contributed by atoms with E-state index < -0.39 is 0 Å². The number of rotatable bonds is 1. The molecule has 0 aliphatic heterocycles. The molecule has 0 unspecified atom stereocenters. The standard InChI is InChI=1S/C19H22N4/c20-19(9-3-4-10-19)18-13-6-2-1-5-12(13)17-14-11-21-23-15(14)7-8-16(17)22-18/h7-8,11H,1-6,9-10,20H2,(H,21,23). The number of pyridine rings is 1. The van der Waals surface area contributed by atoms with Crippen LogP contribution in [0.1, 0.15) is 55.3 Å². The van der Waals surface area contributed by atoms with E-state index in [0.29, 0.717) is 0 Å². The minimum atomic E-state index is -0.207. The van der Waals surface area contributed by atoms with Gasteiger partial charge in [0.15, 0.2) is 0 Å². The van der Waals surface area contributed by atoms with Gasteiger partial charge in [0.1, 0.15) is 0 Å². The molecule has 3 N–H and O–H groups in total. The van der Waals surface area contributed by atoms with E-state index in [9.17, 15) is 0 Å². The van der Waals surface area contributed by atoms with Gasteiger partial charge in [-0.3, -0.25) is 10.1 Å². The molecular formula is C19H22N4. The molecule has 4 heteroatoms. The molecule has 1 saturated carbocycles. The Labute approximate surface area is 135 Å². The van der Waals surface area contributed by atoms with E-state index in [1.54, 1.807) is 0 Å². The Morgan fingerprint density at radius 3 is 2.61 bits per heavy atom. The van der Waals surface area contributed by atoms with Gasteiger partial charge in [0, 0.05) is 10.8 Å². The number of nitrogens with two attached hydrogens (primary N) is 1. The van der Waals surface area contributed by atoms with Gasteiger partial charge in [-0.25, -0.2) is 0 Å². The highest BCUT2D eigenvalue weighted by Crippen LogP contribution is 2.42. The third kappa shape index (κ3) is 1.88. The van der Waals surface area contributed by atoms with Gasteiger partial charge in [0.2, 0.25) is 0 Å². The van der Waals surface area contributed by atoms with Gasteiger partial charge in [-0.2, -0.15) is 5.10 Å². The van der Waals surface area contributed by atoms with Crippen LogP contribution in [-0.4, -0.2) is 15.2 Å². The van der Waals surface area contributed by atoms with Crippen LogP contribution in [0.4, 0.5) is 0 Å². The molecule has 5 rings (SSSR count). The normalized spacial score (nSPS) is 20.2. The first-order chi connectivity index (χ1) is 11.3. The third-order valence-electron chi connectivity index (χ3n) is 5.86. The number of benzene rings is 1. The summed E-state index contributed by atoms with van der Waals surface area (Å²) in [5.41, 5.74) is 12.9. The second-order valence-electron chi connectivity index (χ2n) is 7.28. The molecule has 0 amide bonds. The minimum absolute atomic E-state index is 0.207. The summed E-state index contributed by atoms with van der Waals surface area (Å²) in [5, 5.41) is 9.84. The summed E-state index contributed by atoms with van der Waals surface area (Å²) < 4.78 is 0. The smallest absolute Gasteiger partial charge is 0.0717 e. The maximum Gasteiger partial charge on any atom is 0.0717 e. The number of aryl methyl sites for hydroxylation is 1. The zero-order valence-corrected chi connectivity index (χ0v) is 13.4. The van der Waals surface area contributed by atoms with E-state index >= 15 is 0 Å². The fourth-order valence-electron chi connectivity index (χ4n) is 4.70. The van der Waals surface area contributed by atoms with E-state index in [0.717, 1.165) is 36.7 Å². The number of hydrogen-bond donors (Lipinski definition) is 2. The Hall–Kier alpha value is -1.94. The average molecular weight is 306 g/mol. The van der Waals surface area contributed by atoms with Crippen LogP contribution in [0.15, 0.2) is 18.3 Å². The lowest BCUT2D eigenvalue weighted by Crippen LogP contribution is -2.36. The van der Waals surface area contributed by atoms with E-state index in [1.807, 2.05) is 6.20 Å². The van der Waals surface area contributed by atoms with Crippen molar-refractivity contribution in [3.63, 3.8) is 0 Å². The van der Waals surface area contributed by atoms with Crippen molar-refractivity contribution in [3.8, 4) is 0 Å². The molecule has 23 heavy (non-hydrogen) atoms. The maximum atomic E-state index is 6.81. The Balaban J connectivity index is 1.88. The van der Waals surface area contributed by atoms with Crippen LogP contribution in [-0.2, 0) is 18.4 Å². The summed E-state index contributed by atoms with van der Waals surface area (Å²) in [6.07, 6.45) is 11.3. The number of nitrogens with zero attached hydrogens (tertiary/aromatic N) is 2. The monoisotopic (exact) mass is 306 g/mol. The Kier molecular flexibility index (Phi) is 2.80. The zero-order chi connectivity index (χ0) is 15.4. The molecule has 0 saturated heterocycles. The lowest BCUT2D eigenvalue weighted by atomic mass is 9.81. The number of aromatic nitrogens is 3. The van der Waals surface area contributed by atoms with Crippen molar-refractivity contribution >= 4 is 21.8 Å².